The van der Waals surface area contributed by atoms with Crippen molar-refractivity contribution in [2.24, 2.45) is 5.73 Å². The highest BCUT2D eigenvalue weighted by Gasteiger charge is 2.03. The predicted molar refractivity (Wildman–Crippen MR) is 41.3 cm³/mol. The van der Waals surface area contributed by atoms with E-state index in [0.717, 1.165) is 0 Å². The molecule has 0 saturated carbocycles. The van der Waals surface area contributed by atoms with Crippen molar-refractivity contribution in [3.63, 3.8) is 0 Å². The van der Waals surface area contributed by atoms with Crippen LogP contribution in [-0.4, -0.2) is 27.6 Å². The molecule has 12 heavy (non-hydrogen) atoms. The van der Waals surface area contributed by atoms with Crippen LogP contribution in [0, 0.1) is 0 Å². The number of primary amides is 1. The van der Waals surface area contributed by atoms with Gasteiger partial charge in [-0.25, -0.2) is 9.97 Å². The number of carbonyl (C=O) groups is 1. The summed E-state index contributed by atoms with van der Waals surface area (Å²) in [5.41, 5.74) is 5.56. The van der Waals surface area contributed by atoms with Crippen LogP contribution >= 0.6 is 0 Å². The summed E-state index contributed by atoms with van der Waals surface area (Å²) in [5, 5.41) is 8.57. The summed E-state index contributed by atoms with van der Waals surface area (Å²) >= 11 is 0. The van der Waals surface area contributed by atoms with Gasteiger partial charge in [0.15, 0.2) is 0 Å². The molecule has 1 aromatic rings. The van der Waals surface area contributed by atoms with Crippen molar-refractivity contribution < 1.29 is 9.90 Å². The maximum Gasteiger partial charge on any atom is 0.286 e. The number of aromatic nitrogens is 2. The standard InChI is InChI=1S/C7H9N3O2/c8-6(12)7-9-3-1-5(10-7)2-4-11/h1,3,11H,2,4H2,(H2,8,12). The van der Waals surface area contributed by atoms with Gasteiger partial charge in [-0.15, -0.1) is 0 Å². The van der Waals surface area contributed by atoms with Crippen molar-refractivity contribution in [2.45, 2.75) is 6.42 Å². The molecule has 1 aromatic heterocycles. The van der Waals surface area contributed by atoms with E-state index < -0.39 is 5.91 Å². The zero-order valence-corrected chi connectivity index (χ0v) is 6.40. The quantitative estimate of drug-likeness (QED) is 0.611. The van der Waals surface area contributed by atoms with Gasteiger partial charge in [-0.3, -0.25) is 4.79 Å². The molecule has 0 radical (unpaired) electrons. The Hall–Kier alpha value is -1.49. The van der Waals surface area contributed by atoms with Crippen LogP contribution in [0.1, 0.15) is 16.3 Å². The molecule has 0 saturated heterocycles. The number of nitrogens with two attached hydrogens (primary N) is 1. The van der Waals surface area contributed by atoms with Gasteiger partial charge in [-0.1, -0.05) is 0 Å². The fourth-order valence-electron chi connectivity index (χ4n) is 0.769. The first-order chi connectivity index (χ1) is 5.74. The third-order valence-electron chi connectivity index (χ3n) is 1.30. The van der Waals surface area contributed by atoms with E-state index in [4.69, 9.17) is 10.8 Å². The second kappa shape index (κ2) is 3.77. The molecule has 1 amide bonds. The Morgan fingerprint density at radius 1 is 1.67 bits per heavy atom. The smallest absolute Gasteiger partial charge is 0.286 e. The molecule has 0 aliphatic carbocycles. The van der Waals surface area contributed by atoms with E-state index in [-0.39, 0.29) is 12.4 Å². The molecule has 0 fully saturated rings. The molecular formula is C7H9N3O2. The maximum absolute atomic E-state index is 10.6. The van der Waals surface area contributed by atoms with Crippen LogP contribution in [0.3, 0.4) is 0 Å². The van der Waals surface area contributed by atoms with Gasteiger partial charge >= 0.3 is 0 Å². The van der Waals surface area contributed by atoms with E-state index >= 15 is 0 Å². The van der Waals surface area contributed by atoms with E-state index in [9.17, 15) is 4.79 Å². The van der Waals surface area contributed by atoms with Gasteiger partial charge in [-0.2, -0.15) is 0 Å². The Kier molecular flexibility index (Phi) is 2.71. The summed E-state index contributed by atoms with van der Waals surface area (Å²) in [4.78, 5) is 18.1. The van der Waals surface area contributed by atoms with Crippen molar-refractivity contribution >= 4 is 5.91 Å². The zero-order chi connectivity index (χ0) is 8.97. The molecule has 0 aliphatic rings. The number of rotatable bonds is 3. The van der Waals surface area contributed by atoms with E-state index in [1.807, 2.05) is 0 Å². The Balaban J connectivity index is 2.88. The first-order valence-corrected chi connectivity index (χ1v) is 3.46. The lowest BCUT2D eigenvalue weighted by atomic mass is 10.3. The summed E-state index contributed by atoms with van der Waals surface area (Å²) in [6.07, 6.45) is 1.85. The topological polar surface area (TPSA) is 89.1 Å². The van der Waals surface area contributed by atoms with Crippen LogP contribution in [0.25, 0.3) is 0 Å². The van der Waals surface area contributed by atoms with Crippen LogP contribution in [-0.2, 0) is 6.42 Å². The molecule has 0 bridgehead atoms. The van der Waals surface area contributed by atoms with Crippen LogP contribution in [0.4, 0.5) is 0 Å². The van der Waals surface area contributed by atoms with Gasteiger partial charge in [0, 0.05) is 24.9 Å². The van der Waals surface area contributed by atoms with Gasteiger partial charge < -0.3 is 10.8 Å². The van der Waals surface area contributed by atoms with Gasteiger partial charge in [0.1, 0.15) is 0 Å². The van der Waals surface area contributed by atoms with E-state index in [0.29, 0.717) is 12.1 Å². The zero-order valence-electron chi connectivity index (χ0n) is 6.40. The summed E-state index contributed by atoms with van der Waals surface area (Å²) < 4.78 is 0. The maximum atomic E-state index is 10.6. The normalized spacial score (nSPS) is 9.75. The van der Waals surface area contributed by atoms with Gasteiger partial charge in [0.05, 0.1) is 0 Å². The summed E-state index contributed by atoms with van der Waals surface area (Å²) in [7, 11) is 0. The van der Waals surface area contributed by atoms with Gasteiger partial charge in [0.2, 0.25) is 5.82 Å². The van der Waals surface area contributed by atoms with E-state index in [2.05, 4.69) is 9.97 Å². The number of aliphatic hydroxyl groups excluding tert-OH is 1. The summed E-state index contributed by atoms with van der Waals surface area (Å²) in [6.45, 7) is -0.00475. The molecule has 1 rings (SSSR count). The van der Waals surface area contributed by atoms with Crippen molar-refractivity contribution in [1.29, 1.82) is 0 Å². The molecule has 64 valence electrons. The SMILES string of the molecule is NC(=O)c1nccc(CCO)n1. The van der Waals surface area contributed by atoms with Crippen molar-refractivity contribution in [1.82, 2.24) is 9.97 Å². The number of hydrogen-bond acceptors (Lipinski definition) is 4. The van der Waals surface area contributed by atoms with Crippen molar-refractivity contribution in [3.8, 4) is 0 Å². The lowest BCUT2D eigenvalue weighted by molar-refractivity contribution is 0.0990. The molecule has 0 atom stereocenters. The van der Waals surface area contributed by atoms with E-state index in [1.54, 1.807) is 6.07 Å². The Labute approximate surface area is 69.3 Å². The average molecular weight is 167 g/mol. The molecule has 0 aliphatic heterocycles. The first-order valence-electron chi connectivity index (χ1n) is 3.46. The molecule has 3 N–H and O–H groups in total. The summed E-state index contributed by atoms with van der Waals surface area (Å²) in [5.74, 6) is -0.671. The Morgan fingerprint density at radius 2 is 2.42 bits per heavy atom. The van der Waals surface area contributed by atoms with Crippen LogP contribution in [0.15, 0.2) is 12.3 Å². The monoisotopic (exact) mass is 167 g/mol. The second-order valence-electron chi connectivity index (χ2n) is 2.21. The van der Waals surface area contributed by atoms with E-state index in [1.165, 1.54) is 6.20 Å². The van der Waals surface area contributed by atoms with Crippen molar-refractivity contribution in [2.75, 3.05) is 6.61 Å². The minimum atomic E-state index is -0.658. The number of amides is 1. The Morgan fingerprint density at radius 3 is 3.00 bits per heavy atom. The minimum Gasteiger partial charge on any atom is -0.396 e. The van der Waals surface area contributed by atoms with Crippen molar-refractivity contribution in [3.05, 3.63) is 23.8 Å². The molecule has 5 nitrogen and oxygen atoms in total. The number of aliphatic hydroxyl groups is 1. The fraction of sp³-hybridized carbons (Fsp3) is 0.286. The molecule has 0 spiro atoms. The first kappa shape index (κ1) is 8.61. The third kappa shape index (κ3) is 2.00. The van der Waals surface area contributed by atoms with Crippen LogP contribution in [0.2, 0.25) is 0 Å². The number of carbonyl (C=O) groups excluding carboxylic acids is 1. The molecule has 0 aromatic carbocycles. The highest BCUT2D eigenvalue weighted by atomic mass is 16.3. The lowest BCUT2D eigenvalue weighted by Crippen LogP contribution is -2.16. The summed E-state index contributed by atoms with van der Waals surface area (Å²) in [6, 6.07) is 1.63. The minimum absolute atomic E-state index is 0.00475. The molecular weight excluding hydrogens is 158 g/mol. The predicted octanol–water partition coefficient (Wildman–Crippen LogP) is -0.890. The highest BCUT2D eigenvalue weighted by Crippen LogP contribution is 1.95. The number of hydrogen-bond donors (Lipinski definition) is 2. The lowest BCUT2D eigenvalue weighted by Gasteiger charge is -1.97. The van der Waals surface area contributed by atoms with Gasteiger partial charge in [-0.05, 0) is 6.07 Å². The van der Waals surface area contributed by atoms with Crippen LogP contribution in [0.5, 0.6) is 0 Å². The second-order valence-corrected chi connectivity index (χ2v) is 2.21. The van der Waals surface area contributed by atoms with Crippen LogP contribution < -0.4 is 5.73 Å². The highest BCUT2D eigenvalue weighted by molar-refractivity contribution is 5.88. The number of nitrogens with zero attached hydrogens (tertiary/aromatic N) is 2. The molecule has 1 heterocycles. The fourth-order valence-corrected chi connectivity index (χ4v) is 0.769. The third-order valence-corrected chi connectivity index (χ3v) is 1.30. The Bertz CT molecular complexity index is 288. The van der Waals surface area contributed by atoms with Gasteiger partial charge in [0.25, 0.3) is 5.91 Å². The average Bonchev–Trinajstić information content (AvgIpc) is 2.05. The molecule has 0 unspecified atom stereocenters. The largest absolute Gasteiger partial charge is 0.396 e. The molecule has 5 heteroatoms.